The van der Waals surface area contributed by atoms with Crippen molar-refractivity contribution >= 4 is 12.0 Å². The maximum absolute atomic E-state index is 9.48. The van der Waals surface area contributed by atoms with Gasteiger partial charge in [0, 0.05) is 13.1 Å². The molecule has 1 aromatic carbocycles. The minimum Gasteiger partial charge on any atom is -0.506 e. The van der Waals surface area contributed by atoms with Crippen molar-refractivity contribution in [2.24, 2.45) is 4.99 Å². The Balaban J connectivity index is 2.01. The molecule has 4 heteroatoms. The van der Waals surface area contributed by atoms with Crippen molar-refractivity contribution in [1.82, 2.24) is 4.90 Å². The minimum absolute atomic E-state index is 0.210. The Morgan fingerprint density at radius 1 is 1.27 bits per heavy atom. The third-order valence-electron chi connectivity index (χ3n) is 2.29. The molecule has 1 N–H and O–H groups in total. The second-order valence-corrected chi connectivity index (χ2v) is 3.38. The molecular formula is C11H14N2O2. The number of morpholine rings is 1. The van der Waals surface area contributed by atoms with Crippen LogP contribution >= 0.6 is 0 Å². The molecule has 4 nitrogen and oxygen atoms in total. The maximum Gasteiger partial charge on any atom is 0.141 e. The van der Waals surface area contributed by atoms with Crippen LogP contribution in [0.4, 0.5) is 5.69 Å². The first-order valence-corrected chi connectivity index (χ1v) is 5.00. The van der Waals surface area contributed by atoms with Gasteiger partial charge in [0.1, 0.15) is 11.4 Å². The van der Waals surface area contributed by atoms with Gasteiger partial charge in [-0.2, -0.15) is 0 Å². The molecule has 0 aromatic heterocycles. The fraction of sp³-hybridized carbons (Fsp3) is 0.364. The first-order valence-electron chi connectivity index (χ1n) is 5.00. The van der Waals surface area contributed by atoms with Crippen LogP contribution in [0.1, 0.15) is 0 Å². The Hall–Kier alpha value is -1.55. The molecule has 1 aliphatic heterocycles. The Morgan fingerprint density at radius 2 is 2.00 bits per heavy atom. The smallest absolute Gasteiger partial charge is 0.141 e. The van der Waals surface area contributed by atoms with E-state index in [1.165, 1.54) is 0 Å². The summed E-state index contributed by atoms with van der Waals surface area (Å²) in [5.74, 6) is 0.210. The monoisotopic (exact) mass is 206 g/mol. The van der Waals surface area contributed by atoms with Crippen LogP contribution in [-0.2, 0) is 4.74 Å². The zero-order valence-corrected chi connectivity index (χ0v) is 8.47. The Morgan fingerprint density at radius 3 is 2.73 bits per heavy atom. The topological polar surface area (TPSA) is 45.1 Å². The molecule has 1 fully saturated rings. The van der Waals surface area contributed by atoms with Gasteiger partial charge in [-0.1, -0.05) is 12.1 Å². The SMILES string of the molecule is Oc1ccccc1N=CN1CCOCC1. The summed E-state index contributed by atoms with van der Waals surface area (Å²) in [7, 11) is 0. The average molecular weight is 206 g/mol. The van der Waals surface area contributed by atoms with Crippen LogP contribution in [0.2, 0.25) is 0 Å². The highest BCUT2D eigenvalue weighted by atomic mass is 16.5. The maximum atomic E-state index is 9.48. The summed E-state index contributed by atoms with van der Waals surface area (Å²) in [5, 5.41) is 9.48. The quantitative estimate of drug-likeness (QED) is 0.587. The number of hydrogen-bond donors (Lipinski definition) is 1. The lowest BCUT2D eigenvalue weighted by atomic mass is 10.3. The van der Waals surface area contributed by atoms with E-state index in [-0.39, 0.29) is 5.75 Å². The van der Waals surface area contributed by atoms with Crippen LogP contribution in [-0.4, -0.2) is 42.6 Å². The van der Waals surface area contributed by atoms with Crippen molar-refractivity contribution in [3.8, 4) is 5.75 Å². The number of benzene rings is 1. The van der Waals surface area contributed by atoms with Crippen molar-refractivity contribution in [2.45, 2.75) is 0 Å². The molecule has 1 heterocycles. The number of phenols is 1. The van der Waals surface area contributed by atoms with Crippen molar-refractivity contribution < 1.29 is 9.84 Å². The number of hydrogen-bond acceptors (Lipinski definition) is 3. The first-order chi connectivity index (χ1) is 7.36. The van der Waals surface area contributed by atoms with E-state index in [1.807, 2.05) is 6.07 Å². The van der Waals surface area contributed by atoms with Gasteiger partial charge in [0.15, 0.2) is 0 Å². The molecule has 0 unspecified atom stereocenters. The van der Waals surface area contributed by atoms with Crippen molar-refractivity contribution in [3.63, 3.8) is 0 Å². The van der Waals surface area contributed by atoms with Gasteiger partial charge in [0.25, 0.3) is 0 Å². The molecule has 0 aliphatic carbocycles. The van der Waals surface area contributed by atoms with Crippen LogP contribution in [0.15, 0.2) is 29.3 Å². The van der Waals surface area contributed by atoms with Crippen LogP contribution in [0.3, 0.4) is 0 Å². The van der Waals surface area contributed by atoms with E-state index in [0.717, 1.165) is 26.3 Å². The largest absolute Gasteiger partial charge is 0.506 e. The van der Waals surface area contributed by atoms with E-state index in [2.05, 4.69) is 9.89 Å². The number of phenolic OH excluding ortho intramolecular Hbond substituents is 1. The number of rotatable bonds is 2. The van der Waals surface area contributed by atoms with Crippen LogP contribution < -0.4 is 0 Å². The molecule has 0 spiro atoms. The highest BCUT2D eigenvalue weighted by Gasteiger charge is 2.06. The summed E-state index contributed by atoms with van der Waals surface area (Å²) in [5.41, 5.74) is 0.601. The predicted octanol–water partition coefficient (Wildman–Crippen LogP) is 1.38. The Bertz CT molecular complexity index is 346. The van der Waals surface area contributed by atoms with E-state index < -0.39 is 0 Å². The molecule has 0 atom stereocenters. The minimum atomic E-state index is 0.210. The molecule has 2 rings (SSSR count). The molecule has 80 valence electrons. The average Bonchev–Trinajstić information content (AvgIpc) is 2.29. The molecular weight excluding hydrogens is 192 g/mol. The molecule has 0 radical (unpaired) electrons. The molecule has 0 saturated carbocycles. The van der Waals surface area contributed by atoms with E-state index in [1.54, 1.807) is 24.5 Å². The van der Waals surface area contributed by atoms with E-state index in [0.29, 0.717) is 5.69 Å². The standard InChI is InChI=1S/C11H14N2O2/c14-11-4-2-1-3-10(11)12-9-13-5-7-15-8-6-13/h1-4,9,14H,5-8H2. The molecule has 0 amide bonds. The normalized spacial score (nSPS) is 17.2. The summed E-state index contributed by atoms with van der Waals surface area (Å²) in [6, 6.07) is 7.05. The Kier molecular flexibility index (Phi) is 3.19. The second kappa shape index (κ2) is 4.79. The fourth-order valence-corrected chi connectivity index (χ4v) is 1.41. The van der Waals surface area contributed by atoms with Gasteiger partial charge in [-0.3, -0.25) is 0 Å². The number of aliphatic imine (C=N–C) groups is 1. The molecule has 15 heavy (non-hydrogen) atoms. The predicted molar refractivity (Wildman–Crippen MR) is 58.7 cm³/mol. The lowest BCUT2D eigenvalue weighted by Crippen LogP contribution is -2.34. The van der Waals surface area contributed by atoms with Gasteiger partial charge in [0.05, 0.1) is 19.6 Å². The first kappa shape index (κ1) is 9.98. The number of aromatic hydroxyl groups is 1. The van der Waals surface area contributed by atoms with Gasteiger partial charge in [0.2, 0.25) is 0 Å². The summed E-state index contributed by atoms with van der Waals surface area (Å²) in [6.07, 6.45) is 1.76. The van der Waals surface area contributed by atoms with Gasteiger partial charge < -0.3 is 14.7 Å². The van der Waals surface area contributed by atoms with Gasteiger partial charge in [-0.15, -0.1) is 0 Å². The van der Waals surface area contributed by atoms with E-state index in [4.69, 9.17) is 4.74 Å². The van der Waals surface area contributed by atoms with Gasteiger partial charge in [-0.25, -0.2) is 4.99 Å². The van der Waals surface area contributed by atoms with Gasteiger partial charge in [-0.05, 0) is 12.1 Å². The van der Waals surface area contributed by atoms with Crippen LogP contribution in [0, 0.1) is 0 Å². The van der Waals surface area contributed by atoms with Crippen molar-refractivity contribution in [2.75, 3.05) is 26.3 Å². The van der Waals surface area contributed by atoms with E-state index in [9.17, 15) is 5.11 Å². The summed E-state index contributed by atoms with van der Waals surface area (Å²) in [6.45, 7) is 3.20. The molecule has 1 aliphatic rings. The number of para-hydroxylation sites is 2. The van der Waals surface area contributed by atoms with Crippen LogP contribution in [0.25, 0.3) is 0 Å². The third-order valence-corrected chi connectivity index (χ3v) is 2.29. The number of ether oxygens (including phenoxy) is 1. The fourth-order valence-electron chi connectivity index (χ4n) is 1.41. The van der Waals surface area contributed by atoms with Gasteiger partial charge >= 0.3 is 0 Å². The van der Waals surface area contributed by atoms with Crippen molar-refractivity contribution in [3.05, 3.63) is 24.3 Å². The van der Waals surface area contributed by atoms with E-state index >= 15 is 0 Å². The second-order valence-electron chi connectivity index (χ2n) is 3.38. The molecule has 1 saturated heterocycles. The highest BCUT2D eigenvalue weighted by Crippen LogP contribution is 2.24. The lowest BCUT2D eigenvalue weighted by molar-refractivity contribution is 0.0701. The summed E-state index contributed by atoms with van der Waals surface area (Å²) >= 11 is 0. The Labute approximate surface area is 88.8 Å². The lowest BCUT2D eigenvalue weighted by Gasteiger charge is -2.24. The summed E-state index contributed by atoms with van der Waals surface area (Å²) in [4.78, 5) is 6.30. The zero-order chi connectivity index (χ0) is 10.5. The molecule has 1 aromatic rings. The highest BCUT2D eigenvalue weighted by molar-refractivity contribution is 5.64. The summed E-state index contributed by atoms with van der Waals surface area (Å²) < 4.78 is 5.22. The van der Waals surface area contributed by atoms with Crippen molar-refractivity contribution in [1.29, 1.82) is 0 Å². The third kappa shape index (κ3) is 2.70. The van der Waals surface area contributed by atoms with Crippen LogP contribution in [0.5, 0.6) is 5.75 Å². The number of nitrogens with zero attached hydrogens (tertiary/aromatic N) is 2. The zero-order valence-electron chi connectivity index (χ0n) is 8.47. The molecule has 0 bridgehead atoms.